The zero-order valence-electron chi connectivity index (χ0n) is 12.2. The smallest absolute Gasteiger partial charge is 0.0270 e. The van der Waals surface area contributed by atoms with E-state index in [0.29, 0.717) is 10.7 Å². The Balaban J connectivity index is 1.55. The van der Waals surface area contributed by atoms with Crippen molar-refractivity contribution in [2.24, 2.45) is 29.6 Å². The summed E-state index contributed by atoms with van der Waals surface area (Å²) in [5.41, 5.74) is 1.44. The van der Waals surface area contributed by atoms with Crippen LogP contribution in [0, 0.1) is 29.6 Å². The molecule has 0 spiro atoms. The van der Waals surface area contributed by atoms with Gasteiger partial charge in [0.25, 0.3) is 0 Å². The molecule has 2 heteroatoms. The first-order valence-electron chi connectivity index (χ1n) is 8.26. The van der Waals surface area contributed by atoms with E-state index in [9.17, 15) is 0 Å². The van der Waals surface area contributed by atoms with Crippen LogP contribution >= 0.6 is 15.9 Å². The summed E-state index contributed by atoms with van der Waals surface area (Å²) in [6.45, 7) is 2.39. The monoisotopic (exact) mass is 333 g/mol. The number of nitrogens with zero attached hydrogens (tertiary/aromatic N) is 1. The zero-order valence-corrected chi connectivity index (χ0v) is 13.8. The first-order valence-corrected chi connectivity index (χ1v) is 9.18. The third kappa shape index (κ3) is 2.15. The van der Waals surface area contributed by atoms with Crippen molar-refractivity contribution >= 4 is 15.9 Å². The SMILES string of the molecule is CC(c1ccncc1)C(Br)C1C2CC3CC(C2)CC1C3. The topological polar surface area (TPSA) is 12.9 Å². The number of halogens is 1. The van der Waals surface area contributed by atoms with E-state index in [1.54, 1.807) is 6.42 Å². The van der Waals surface area contributed by atoms with Crippen molar-refractivity contribution in [3.8, 4) is 0 Å². The second-order valence-electron chi connectivity index (χ2n) is 7.52. The van der Waals surface area contributed by atoms with Crippen LogP contribution in [0.5, 0.6) is 0 Å². The van der Waals surface area contributed by atoms with Crippen molar-refractivity contribution in [3.63, 3.8) is 0 Å². The van der Waals surface area contributed by atoms with Gasteiger partial charge in [0.15, 0.2) is 0 Å². The Bertz CT molecular complexity index is 444. The van der Waals surface area contributed by atoms with Crippen LogP contribution in [-0.4, -0.2) is 9.81 Å². The van der Waals surface area contributed by atoms with Gasteiger partial charge in [-0.25, -0.2) is 0 Å². The van der Waals surface area contributed by atoms with E-state index < -0.39 is 0 Å². The van der Waals surface area contributed by atoms with Gasteiger partial charge < -0.3 is 0 Å². The van der Waals surface area contributed by atoms with Crippen molar-refractivity contribution in [2.45, 2.75) is 49.8 Å². The average Bonchev–Trinajstić information content (AvgIpc) is 2.46. The lowest BCUT2D eigenvalue weighted by Gasteiger charge is -2.56. The molecule has 5 rings (SSSR count). The lowest BCUT2D eigenvalue weighted by Crippen LogP contribution is -2.48. The molecule has 2 unspecified atom stereocenters. The first kappa shape index (κ1) is 13.3. The molecule has 20 heavy (non-hydrogen) atoms. The minimum Gasteiger partial charge on any atom is -0.265 e. The Hall–Kier alpha value is -0.370. The van der Waals surface area contributed by atoms with Crippen LogP contribution in [0.25, 0.3) is 0 Å². The molecule has 1 nitrogen and oxygen atoms in total. The molecule has 2 atom stereocenters. The summed E-state index contributed by atoms with van der Waals surface area (Å²) >= 11 is 4.11. The number of hydrogen-bond acceptors (Lipinski definition) is 1. The number of rotatable bonds is 3. The highest BCUT2D eigenvalue weighted by Crippen LogP contribution is 2.59. The van der Waals surface area contributed by atoms with Gasteiger partial charge in [-0.1, -0.05) is 22.9 Å². The molecule has 0 radical (unpaired) electrons. The standard InChI is InChI=1S/C18H24BrN/c1-11(14-2-4-20-5-3-14)18(19)17-15-7-12-6-13(9-15)10-16(17)8-12/h2-5,11-13,15-18H,6-10H2,1H3. The van der Waals surface area contributed by atoms with Crippen LogP contribution in [0.4, 0.5) is 0 Å². The minimum atomic E-state index is 0.598. The molecule has 4 aliphatic carbocycles. The van der Waals surface area contributed by atoms with Crippen LogP contribution in [0.1, 0.15) is 50.5 Å². The number of alkyl halides is 1. The number of hydrogen-bond donors (Lipinski definition) is 0. The molecule has 0 amide bonds. The first-order chi connectivity index (χ1) is 9.72. The second-order valence-corrected chi connectivity index (χ2v) is 8.58. The molecule has 0 N–H and O–H groups in total. The Morgan fingerprint density at radius 1 is 1.00 bits per heavy atom. The molecule has 4 aliphatic rings. The summed E-state index contributed by atoms with van der Waals surface area (Å²) in [4.78, 5) is 4.80. The number of aromatic nitrogens is 1. The molecule has 4 bridgehead atoms. The maximum Gasteiger partial charge on any atom is 0.0270 e. The summed E-state index contributed by atoms with van der Waals surface area (Å²) in [6.07, 6.45) is 11.5. The molecular weight excluding hydrogens is 310 g/mol. The van der Waals surface area contributed by atoms with Gasteiger partial charge in [-0.15, -0.1) is 0 Å². The van der Waals surface area contributed by atoms with E-state index in [-0.39, 0.29) is 0 Å². The van der Waals surface area contributed by atoms with Crippen LogP contribution in [0.15, 0.2) is 24.5 Å². The molecule has 4 saturated carbocycles. The normalized spacial score (nSPS) is 41.6. The molecule has 1 heterocycles. The zero-order chi connectivity index (χ0) is 13.7. The van der Waals surface area contributed by atoms with Gasteiger partial charge in [0.2, 0.25) is 0 Å². The van der Waals surface area contributed by atoms with Gasteiger partial charge in [-0.2, -0.15) is 0 Å². The molecule has 1 aromatic rings. The van der Waals surface area contributed by atoms with E-state index in [1.165, 1.54) is 31.2 Å². The molecule has 4 fully saturated rings. The summed E-state index contributed by atoms with van der Waals surface area (Å²) < 4.78 is 0. The summed E-state index contributed by atoms with van der Waals surface area (Å²) in [7, 11) is 0. The maximum absolute atomic E-state index is 4.16. The highest BCUT2D eigenvalue weighted by atomic mass is 79.9. The highest BCUT2D eigenvalue weighted by Gasteiger charge is 2.50. The molecule has 1 aromatic heterocycles. The van der Waals surface area contributed by atoms with E-state index in [1.807, 2.05) is 12.4 Å². The molecule has 0 saturated heterocycles. The van der Waals surface area contributed by atoms with Gasteiger partial charge in [0, 0.05) is 17.2 Å². The Labute approximate surface area is 130 Å². The Kier molecular flexibility index (Phi) is 3.41. The quantitative estimate of drug-likeness (QED) is 0.707. The van der Waals surface area contributed by atoms with E-state index in [4.69, 9.17) is 0 Å². The van der Waals surface area contributed by atoms with Gasteiger partial charge in [-0.3, -0.25) is 4.98 Å². The van der Waals surface area contributed by atoms with Crippen LogP contribution in [0.3, 0.4) is 0 Å². The highest BCUT2D eigenvalue weighted by molar-refractivity contribution is 9.09. The van der Waals surface area contributed by atoms with Crippen LogP contribution in [0.2, 0.25) is 0 Å². The maximum atomic E-state index is 4.16. The van der Waals surface area contributed by atoms with Gasteiger partial charge in [-0.05, 0) is 85.3 Å². The predicted molar refractivity (Wildman–Crippen MR) is 85.9 cm³/mol. The third-order valence-electron chi connectivity index (χ3n) is 6.38. The van der Waals surface area contributed by atoms with Crippen molar-refractivity contribution in [1.29, 1.82) is 0 Å². The Morgan fingerprint density at radius 2 is 1.55 bits per heavy atom. The van der Waals surface area contributed by atoms with E-state index in [2.05, 4.69) is 40.0 Å². The minimum absolute atomic E-state index is 0.598. The van der Waals surface area contributed by atoms with Crippen molar-refractivity contribution in [2.75, 3.05) is 0 Å². The lowest BCUT2D eigenvalue weighted by molar-refractivity contribution is -0.0380. The fourth-order valence-electron chi connectivity index (χ4n) is 5.67. The molecule has 0 aromatic carbocycles. The van der Waals surface area contributed by atoms with Crippen LogP contribution < -0.4 is 0 Å². The van der Waals surface area contributed by atoms with Gasteiger partial charge >= 0.3 is 0 Å². The average molecular weight is 334 g/mol. The predicted octanol–water partition coefficient (Wildman–Crippen LogP) is 5.02. The van der Waals surface area contributed by atoms with E-state index >= 15 is 0 Å². The van der Waals surface area contributed by atoms with E-state index in [0.717, 1.165) is 29.6 Å². The van der Waals surface area contributed by atoms with Crippen molar-refractivity contribution in [1.82, 2.24) is 4.98 Å². The molecular formula is C18H24BrN. The largest absolute Gasteiger partial charge is 0.265 e. The summed E-state index contributed by atoms with van der Waals surface area (Å²) in [6, 6.07) is 4.38. The molecule has 0 aliphatic heterocycles. The summed E-state index contributed by atoms with van der Waals surface area (Å²) in [5, 5.41) is 0. The number of pyridine rings is 1. The van der Waals surface area contributed by atoms with Crippen molar-refractivity contribution < 1.29 is 0 Å². The lowest BCUT2D eigenvalue weighted by atomic mass is 9.50. The van der Waals surface area contributed by atoms with Gasteiger partial charge in [0.05, 0.1) is 0 Å². The van der Waals surface area contributed by atoms with Crippen molar-refractivity contribution in [3.05, 3.63) is 30.1 Å². The Morgan fingerprint density at radius 3 is 2.10 bits per heavy atom. The fourth-order valence-corrected chi connectivity index (χ4v) is 6.84. The fraction of sp³-hybridized carbons (Fsp3) is 0.722. The second kappa shape index (κ2) is 5.12. The third-order valence-corrected chi connectivity index (χ3v) is 7.78. The summed E-state index contributed by atoms with van der Waals surface area (Å²) in [5.74, 6) is 5.65. The van der Waals surface area contributed by atoms with Crippen LogP contribution in [-0.2, 0) is 0 Å². The molecule has 108 valence electrons. The van der Waals surface area contributed by atoms with Gasteiger partial charge in [0.1, 0.15) is 0 Å².